The quantitative estimate of drug-likeness (QED) is 0.683. The molecule has 0 amide bonds. The zero-order valence-electron chi connectivity index (χ0n) is 8.81. The van der Waals surface area contributed by atoms with E-state index in [0.29, 0.717) is 17.3 Å². The third kappa shape index (κ3) is 1.95. The molecule has 0 saturated heterocycles. The highest BCUT2D eigenvalue weighted by Crippen LogP contribution is 2.13. The molecule has 0 fully saturated rings. The lowest BCUT2D eigenvalue weighted by molar-refractivity contribution is 0.607. The van der Waals surface area contributed by atoms with Crippen LogP contribution in [0.15, 0.2) is 9.59 Å². The molecule has 1 aromatic rings. The fourth-order valence-corrected chi connectivity index (χ4v) is 1.28. The molecule has 0 unspecified atom stereocenters. The number of anilines is 2. The lowest BCUT2D eigenvalue weighted by Gasteiger charge is -2.13. The molecule has 0 aliphatic carbocycles. The van der Waals surface area contributed by atoms with Crippen molar-refractivity contribution in [1.29, 1.82) is 0 Å². The van der Waals surface area contributed by atoms with Gasteiger partial charge in [-0.25, -0.2) is 0 Å². The third-order valence-corrected chi connectivity index (χ3v) is 2.18. The van der Waals surface area contributed by atoms with Crippen LogP contribution < -0.4 is 21.5 Å². The molecule has 0 aliphatic heterocycles. The smallest absolute Gasteiger partial charge is 0.253 e. The summed E-state index contributed by atoms with van der Waals surface area (Å²) in [5.74, 6) is 0.590. The predicted molar refractivity (Wildman–Crippen MR) is 58.8 cm³/mol. The van der Waals surface area contributed by atoms with E-state index in [1.807, 2.05) is 0 Å². The molecule has 0 saturated carbocycles. The maximum atomic E-state index is 11.1. The average Bonchev–Trinajstić information content (AvgIpc) is 2.15. The van der Waals surface area contributed by atoms with Gasteiger partial charge in [-0.3, -0.25) is 9.59 Å². The van der Waals surface area contributed by atoms with E-state index in [-0.39, 0.29) is 0 Å². The predicted octanol–water partition coefficient (Wildman–Crippen LogP) is 0.782. The van der Waals surface area contributed by atoms with Crippen molar-refractivity contribution in [3.05, 3.63) is 20.4 Å². The van der Waals surface area contributed by atoms with Crippen LogP contribution in [-0.2, 0) is 0 Å². The molecule has 4 heteroatoms. The van der Waals surface area contributed by atoms with Crippen molar-refractivity contribution in [2.24, 2.45) is 5.92 Å². The van der Waals surface area contributed by atoms with E-state index in [2.05, 4.69) is 24.5 Å². The molecule has 0 aliphatic rings. The second-order valence-corrected chi connectivity index (χ2v) is 3.77. The molecular formula is C10H16N2O2. The molecule has 78 valence electrons. The fraction of sp³-hybridized carbons (Fsp3) is 0.600. The lowest BCUT2D eigenvalue weighted by atomic mass is 10.1. The summed E-state index contributed by atoms with van der Waals surface area (Å²) < 4.78 is 0. The van der Waals surface area contributed by atoms with Crippen LogP contribution in [0.4, 0.5) is 11.4 Å². The van der Waals surface area contributed by atoms with Gasteiger partial charge in [0, 0.05) is 13.6 Å². The highest BCUT2D eigenvalue weighted by Gasteiger charge is 2.18. The van der Waals surface area contributed by atoms with Gasteiger partial charge in [-0.1, -0.05) is 13.8 Å². The Morgan fingerprint density at radius 1 is 1.14 bits per heavy atom. The van der Waals surface area contributed by atoms with E-state index < -0.39 is 10.9 Å². The SMILES string of the molecule is CNc1c(NCCC(C)C)c(=O)c1=O. The minimum atomic E-state index is -0.417. The lowest BCUT2D eigenvalue weighted by Crippen LogP contribution is -2.37. The summed E-state index contributed by atoms with van der Waals surface area (Å²) in [4.78, 5) is 22.1. The van der Waals surface area contributed by atoms with E-state index >= 15 is 0 Å². The van der Waals surface area contributed by atoms with E-state index in [1.54, 1.807) is 7.05 Å². The van der Waals surface area contributed by atoms with Crippen molar-refractivity contribution < 1.29 is 0 Å². The average molecular weight is 196 g/mol. The van der Waals surface area contributed by atoms with Gasteiger partial charge in [0.05, 0.1) is 0 Å². The first-order valence-electron chi connectivity index (χ1n) is 4.82. The first-order chi connectivity index (χ1) is 6.57. The van der Waals surface area contributed by atoms with Crippen LogP contribution in [0, 0.1) is 5.92 Å². The summed E-state index contributed by atoms with van der Waals surface area (Å²) in [6.45, 7) is 4.96. The summed E-state index contributed by atoms with van der Waals surface area (Å²) in [5.41, 5.74) is 0.0366. The Bertz CT molecular complexity index is 375. The minimum Gasteiger partial charge on any atom is -0.383 e. The molecule has 2 N–H and O–H groups in total. The van der Waals surface area contributed by atoms with Crippen LogP contribution >= 0.6 is 0 Å². The van der Waals surface area contributed by atoms with E-state index in [1.165, 1.54) is 0 Å². The van der Waals surface area contributed by atoms with Crippen molar-refractivity contribution in [2.75, 3.05) is 24.2 Å². The largest absolute Gasteiger partial charge is 0.383 e. The summed E-state index contributed by atoms with van der Waals surface area (Å²) >= 11 is 0. The van der Waals surface area contributed by atoms with Gasteiger partial charge in [0.1, 0.15) is 11.4 Å². The minimum absolute atomic E-state index is 0.405. The Morgan fingerprint density at radius 3 is 2.21 bits per heavy atom. The van der Waals surface area contributed by atoms with Crippen LogP contribution in [-0.4, -0.2) is 13.6 Å². The van der Waals surface area contributed by atoms with E-state index in [0.717, 1.165) is 13.0 Å². The van der Waals surface area contributed by atoms with E-state index in [9.17, 15) is 9.59 Å². The van der Waals surface area contributed by atoms with Crippen LogP contribution in [0.2, 0.25) is 0 Å². The molecule has 1 rings (SSSR count). The molecule has 0 bridgehead atoms. The van der Waals surface area contributed by atoms with Gasteiger partial charge in [0.2, 0.25) is 0 Å². The van der Waals surface area contributed by atoms with Crippen LogP contribution in [0.25, 0.3) is 0 Å². The van der Waals surface area contributed by atoms with Crippen molar-refractivity contribution in [3.63, 3.8) is 0 Å². The molecule has 0 spiro atoms. The maximum Gasteiger partial charge on any atom is 0.253 e. The summed E-state index contributed by atoms with van der Waals surface area (Å²) in [7, 11) is 1.64. The normalized spacial score (nSPS) is 10.9. The second-order valence-electron chi connectivity index (χ2n) is 3.77. The zero-order valence-corrected chi connectivity index (χ0v) is 8.81. The number of hydrogen-bond donors (Lipinski definition) is 2. The molecule has 14 heavy (non-hydrogen) atoms. The Morgan fingerprint density at radius 2 is 1.71 bits per heavy atom. The molecule has 0 radical (unpaired) electrons. The van der Waals surface area contributed by atoms with Gasteiger partial charge in [-0.2, -0.15) is 0 Å². The van der Waals surface area contributed by atoms with Crippen molar-refractivity contribution >= 4 is 11.4 Å². The highest BCUT2D eigenvalue weighted by molar-refractivity contribution is 5.73. The fourth-order valence-electron chi connectivity index (χ4n) is 1.28. The molecule has 0 atom stereocenters. The van der Waals surface area contributed by atoms with Crippen molar-refractivity contribution in [1.82, 2.24) is 0 Å². The molecule has 4 nitrogen and oxygen atoms in total. The first kappa shape index (κ1) is 10.8. The summed E-state index contributed by atoms with van der Waals surface area (Å²) in [6, 6.07) is 0. The second kappa shape index (κ2) is 4.26. The Kier molecular flexibility index (Phi) is 3.28. The van der Waals surface area contributed by atoms with Gasteiger partial charge in [-0.15, -0.1) is 0 Å². The summed E-state index contributed by atoms with van der Waals surface area (Å²) in [5, 5.41) is 5.69. The standard InChI is InChI=1S/C10H16N2O2/c1-6(2)4-5-12-8-7(11-3)9(13)10(8)14/h6,11-12H,4-5H2,1-3H3. The third-order valence-electron chi connectivity index (χ3n) is 2.18. The first-order valence-corrected chi connectivity index (χ1v) is 4.82. The molecular weight excluding hydrogens is 180 g/mol. The number of hydrogen-bond acceptors (Lipinski definition) is 4. The number of rotatable bonds is 5. The Labute approximate surface area is 83.0 Å². The maximum absolute atomic E-state index is 11.1. The molecule has 1 aromatic carbocycles. The highest BCUT2D eigenvalue weighted by atomic mass is 16.2. The molecule has 0 heterocycles. The van der Waals surface area contributed by atoms with E-state index in [4.69, 9.17) is 0 Å². The molecule has 0 aromatic heterocycles. The Hall–Kier alpha value is -1.32. The monoisotopic (exact) mass is 196 g/mol. The van der Waals surface area contributed by atoms with Gasteiger partial charge < -0.3 is 10.6 Å². The van der Waals surface area contributed by atoms with Gasteiger partial charge >= 0.3 is 0 Å². The van der Waals surface area contributed by atoms with Crippen LogP contribution in [0.1, 0.15) is 20.3 Å². The van der Waals surface area contributed by atoms with Gasteiger partial charge in [-0.05, 0) is 12.3 Å². The van der Waals surface area contributed by atoms with Crippen molar-refractivity contribution in [3.8, 4) is 0 Å². The Balaban J connectivity index is 2.56. The van der Waals surface area contributed by atoms with Gasteiger partial charge in [0.15, 0.2) is 0 Å². The van der Waals surface area contributed by atoms with Gasteiger partial charge in [0.25, 0.3) is 10.9 Å². The van der Waals surface area contributed by atoms with Crippen molar-refractivity contribution in [2.45, 2.75) is 20.3 Å². The summed E-state index contributed by atoms with van der Waals surface area (Å²) in [6.07, 6.45) is 0.988. The topological polar surface area (TPSA) is 58.2 Å². The van der Waals surface area contributed by atoms with Crippen LogP contribution in [0.3, 0.4) is 0 Å². The van der Waals surface area contributed by atoms with Crippen LogP contribution in [0.5, 0.6) is 0 Å². The zero-order chi connectivity index (χ0) is 10.7. The number of nitrogens with one attached hydrogen (secondary N) is 2.